The van der Waals surface area contributed by atoms with Gasteiger partial charge in [-0.05, 0) is 43.4 Å². The van der Waals surface area contributed by atoms with Crippen LogP contribution in [0, 0.1) is 11.3 Å². The van der Waals surface area contributed by atoms with Crippen molar-refractivity contribution in [1.82, 2.24) is 5.32 Å². The molecule has 2 unspecified atom stereocenters. The smallest absolute Gasteiger partial charge is 0.188 e. The van der Waals surface area contributed by atoms with Crippen LogP contribution in [0.3, 0.4) is 0 Å². The first-order valence-electron chi connectivity index (χ1n) is 7.52. The van der Waals surface area contributed by atoms with E-state index in [1.165, 1.54) is 19.3 Å². The molecule has 2 saturated heterocycles. The van der Waals surface area contributed by atoms with E-state index in [0.717, 1.165) is 51.7 Å². The Morgan fingerprint density at radius 2 is 2.16 bits per heavy atom. The van der Waals surface area contributed by atoms with Crippen LogP contribution in [0.15, 0.2) is 4.99 Å². The van der Waals surface area contributed by atoms with Gasteiger partial charge in [0.15, 0.2) is 5.96 Å². The van der Waals surface area contributed by atoms with Crippen LogP contribution in [0.5, 0.6) is 0 Å². The zero-order valence-electron chi connectivity index (χ0n) is 11.6. The van der Waals surface area contributed by atoms with Gasteiger partial charge < -0.3 is 20.5 Å². The van der Waals surface area contributed by atoms with Crippen molar-refractivity contribution in [2.75, 3.05) is 32.9 Å². The maximum absolute atomic E-state index is 5.90. The summed E-state index contributed by atoms with van der Waals surface area (Å²) >= 11 is 0. The van der Waals surface area contributed by atoms with Gasteiger partial charge in [0, 0.05) is 32.9 Å². The monoisotopic (exact) mass is 267 g/mol. The molecule has 0 bridgehead atoms. The standard InChI is InChI=1S/C14H25N3O2/c15-13(17-10-12-2-1-5-19-12)16-9-11-8-14(11)3-6-18-7-4-14/h11-12H,1-10H2,(H3,15,16,17). The number of nitrogens with two attached hydrogens (primary N) is 1. The summed E-state index contributed by atoms with van der Waals surface area (Å²) in [6.07, 6.45) is 6.32. The normalized spacial score (nSPS) is 33.6. The van der Waals surface area contributed by atoms with E-state index in [9.17, 15) is 0 Å². The molecule has 0 aromatic rings. The first kappa shape index (κ1) is 13.2. The molecule has 108 valence electrons. The van der Waals surface area contributed by atoms with Crippen LogP contribution in [-0.2, 0) is 9.47 Å². The minimum atomic E-state index is 0.316. The largest absolute Gasteiger partial charge is 0.381 e. The molecular formula is C14H25N3O2. The van der Waals surface area contributed by atoms with E-state index in [-0.39, 0.29) is 0 Å². The fourth-order valence-corrected chi connectivity index (χ4v) is 3.37. The lowest BCUT2D eigenvalue weighted by molar-refractivity contribution is 0.0525. The van der Waals surface area contributed by atoms with Crippen LogP contribution in [0.4, 0.5) is 0 Å². The van der Waals surface area contributed by atoms with E-state index in [1.54, 1.807) is 0 Å². The fraction of sp³-hybridized carbons (Fsp3) is 0.929. The predicted octanol–water partition coefficient (Wildman–Crippen LogP) is 0.886. The van der Waals surface area contributed by atoms with E-state index in [0.29, 0.717) is 17.5 Å². The van der Waals surface area contributed by atoms with Gasteiger partial charge in [0.1, 0.15) is 0 Å². The van der Waals surface area contributed by atoms with Crippen molar-refractivity contribution < 1.29 is 9.47 Å². The maximum atomic E-state index is 5.90. The minimum Gasteiger partial charge on any atom is -0.381 e. The molecule has 0 aromatic heterocycles. The summed E-state index contributed by atoms with van der Waals surface area (Å²) in [4.78, 5) is 4.48. The van der Waals surface area contributed by atoms with E-state index >= 15 is 0 Å². The molecule has 3 rings (SSSR count). The van der Waals surface area contributed by atoms with Gasteiger partial charge in [-0.15, -0.1) is 0 Å². The second-order valence-corrected chi connectivity index (χ2v) is 6.12. The Balaban J connectivity index is 1.37. The van der Waals surface area contributed by atoms with Crippen LogP contribution in [0.2, 0.25) is 0 Å². The molecule has 2 heterocycles. The molecule has 1 aliphatic carbocycles. The molecule has 3 aliphatic rings. The van der Waals surface area contributed by atoms with Crippen molar-refractivity contribution in [1.29, 1.82) is 0 Å². The topological polar surface area (TPSA) is 68.9 Å². The summed E-state index contributed by atoms with van der Waals surface area (Å²) in [5, 5.41) is 3.18. The average molecular weight is 267 g/mol. The number of rotatable bonds is 4. The highest BCUT2D eigenvalue weighted by Gasteiger charge is 2.53. The summed E-state index contributed by atoms with van der Waals surface area (Å²) in [7, 11) is 0. The highest BCUT2D eigenvalue weighted by atomic mass is 16.5. The molecule has 5 heteroatoms. The van der Waals surface area contributed by atoms with Crippen molar-refractivity contribution in [3.05, 3.63) is 0 Å². The molecule has 2 aliphatic heterocycles. The van der Waals surface area contributed by atoms with Gasteiger partial charge in [-0.3, -0.25) is 4.99 Å². The van der Waals surface area contributed by atoms with Gasteiger partial charge in [0.05, 0.1) is 6.10 Å². The van der Waals surface area contributed by atoms with E-state index in [2.05, 4.69) is 10.3 Å². The lowest BCUT2D eigenvalue weighted by Crippen LogP contribution is -2.37. The van der Waals surface area contributed by atoms with Crippen LogP contribution in [-0.4, -0.2) is 45.0 Å². The first-order valence-corrected chi connectivity index (χ1v) is 7.52. The Morgan fingerprint density at radius 1 is 1.32 bits per heavy atom. The number of hydrogen-bond donors (Lipinski definition) is 2. The number of guanidine groups is 1. The molecule has 2 atom stereocenters. The number of ether oxygens (including phenoxy) is 2. The molecule has 5 nitrogen and oxygen atoms in total. The van der Waals surface area contributed by atoms with E-state index in [1.807, 2.05) is 0 Å². The Morgan fingerprint density at radius 3 is 2.89 bits per heavy atom. The molecule has 19 heavy (non-hydrogen) atoms. The van der Waals surface area contributed by atoms with Crippen molar-refractivity contribution in [2.24, 2.45) is 22.1 Å². The number of aliphatic imine (C=N–C) groups is 1. The highest BCUT2D eigenvalue weighted by Crippen LogP contribution is 2.59. The van der Waals surface area contributed by atoms with Crippen LogP contribution in [0.25, 0.3) is 0 Å². The summed E-state index contributed by atoms with van der Waals surface area (Å²) in [5.41, 5.74) is 6.44. The number of nitrogens with one attached hydrogen (secondary N) is 1. The van der Waals surface area contributed by atoms with Gasteiger partial charge in [-0.25, -0.2) is 0 Å². The lowest BCUT2D eigenvalue weighted by Gasteiger charge is -2.22. The molecule has 0 aromatic carbocycles. The van der Waals surface area contributed by atoms with Gasteiger partial charge in [0.2, 0.25) is 0 Å². The van der Waals surface area contributed by atoms with Crippen LogP contribution < -0.4 is 11.1 Å². The van der Waals surface area contributed by atoms with Gasteiger partial charge in [-0.1, -0.05) is 0 Å². The maximum Gasteiger partial charge on any atom is 0.188 e. The second-order valence-electron chi connectivity index (χ2n) is 6.12. The fourth-order valence-electron chi connectivity index (χ4n) is 3.37. The Hall–Kier alpha value is -0.810. The number of nitrogens with zero attached hydrogens (tertiary/aromatic N) is 1. The Labute approximate surface area is 114 Å². The van der Waals surface area contributed by atoms with E-state index in [4.69, 9.17) is 15.2 Å². The molecule has 3 fully saturated rings. The Kier molecular flexibility index (Phi) is 3.93. The zero-order valence-corrected chi connectivity index (χ0v) is 11.6. The van der Waals surface area contributed by atoms with Crippen LogP contribution in [0.1, 0.15) is 32.1 Å². The molecule has 3 N–H and O–H groups in total. The van der Waals surface area contributed by atoms with Crippen molar-refractivity contribution in [3.63, 3.8) is 0 Å². The molecular weight excluding hydrogens is 242 g/mol. The molecule has 0 amide bonds. The SMILES string of the molecule is NC(=NCC1CC12CCOCC2)NCC1CCCO1. The Bertz CT molecular complexity index is 334. The number of hydrogen-bond acceptors (Lipinski definition) is 3. The summed E-state index contributed by atoms with van der Waals surface area (Å²) < 4.78 is 11.0. The summed E-state index contributed by atoms with van der Waals surface area (Å²) in [6, 6.07) is 0. The first-order chi connectivity index (χ1) is 9.28. The second kappa shape index (κ2) is 5.67. The van der Waals surface area contributed by atoms with E-state index < -0.39 is 0 Å². The predicted molar refractivity (Wildman–Crippen MR) is 74.1 cm³/mol. The third kappa shape index (κ3) is 3.20. The van der Waals surface area contributed by atoms with Crippen LogP contribution >= 0.6 is 0 Å². The summed E-state index contributed by atoms with van der Waals surface area (Å²) in [6.45, 7) is 4.39. The molecule has 1 spiro atoms. The minimum absolute atomic E-state index is 0.316. The van der Waals surface area contributed by atoms with Crippen molar-refractivity contribution in [2.45, 2.75) is 38.2 Å². The van der Waals surface area contributed by atoms with Crippen molar-refractivity contribution >= 4 is 5.96 Å². The van der Waals surface area contributed by atoms with Gasteiger partial charge >= 0.3 is 0 Å². The lowest BCUT2D eigenvalue weighted by atomic mass is 9.94. The quantitative estimate of drug-likeness (QED) is 0.586. The molecule has 1 saturated carbocycles. The van der Waals surface area contributed by atoms with Crippen molar-refractivity contribution in [3.8, 4) is 0 Å². The average Bonchev–Trinajstić information content (AvgIpc) is 2.88. The third-order valence-electron chi connectivity index (χ3n) is 4.86. The zero-order chi connectivity index (χ0) is 13.1. The van der Waals surface area contributed by atoms with Gasteiger partial charge in [-0.2, -0.15) is 0 Å². The van der Waals surface area contributed by atoms with Gasteiger partial charge in [0.25, 0.3) is 0 Å². The summed E-state index contributed by atoms with van der Waals surface area (Å²) in [5.74, 6) is 1.30. The highest BCUT2D eigenvalue weighted by molar-refractivity contribution is 5.77. The third-order valence-corrected chi connectivity index (χ3v) is 4.86. The molecule has 0 radical (unpaired) electrons.